The first-order chi connectivity index (χ1) is 5.29. The summed E-state index contributed by atoms with van der Waals surface area (Å²) in [5.74, 6) is 1.04. The molecule has 0 N–H and O–H groups in total. The van der Waals surface area contributed by atoms with Crippen LogP contribution in [0.2, 0.25) is 0 Å². The molecule has 62 valence electrons. The summed E-state index contributed by atoms with van der Waals surface area (Å²) in [5, 5.41) is 0. The van der Waals surface area contributed by atoms with Crippen molar-refractivity contribution in [2.75, 3.05) is 13.2 Å². The van der Waals surface area contributed by atoms with Gasteiger partial charge in [-0.05, 0) is 13.8 Å². The minimum atomic E-state index is 0.191. The topological polar surface area (TPSA) is 29.3 Å². The second-order valence-corrected chi connectivity index (χ2v) is 2.46. The Morgan fingerprint density at radius 1 is 1.45 bits per heavy atom. The summed E-state index contributed by atoms with van der Waals surface area (Å²) in [7, 11) is 0. The number of rotatable bonds is 2. The summed E-state index contributed by atoms with van der Waals surface area (Å²) in [4.78, 5) is 11.1. The number of ether oxygens (including phenoxy) is 1. The Bertz CT molecular complexity index is 196. The summed E-state index contributed by atoms with van der Waals surface area (Å²) in [6.07, 6.45) is 1.39. The third-order valence-electron chi connectivity index (χ3n) is 1.78. The van der Waals surface area contributed by atoms with Gasteiger partial charge in [0, 0.05) is 0 Å². The standard InChI is InChI=1S/C8H14NO2/c1-3-9-7(10)5-6-8(9)11-4-2/h3-6H2,1-2H3/q+1. The minimum absolute atomic E-state index is 0.191. The maximum Gasteiger partial charge on any atom is 0.390 e. The van der Waals surface area contributed by atoms with E-state index in [4.69, 9.17) is 4.74 Å². The molecular formula is C8H14NO2+. The molecule has 0 saturated heterocycles. The average molecular weight is 156 g/mol. The number of hydrogen-bond donors (Lipinski definition) is 0. The number of hydrogen-bond acceptors (Lipinski definition) is 2. The Morgan fingerprint density at radius 3 is 2.73 bits per heavy atom. The fraction of sp³-hybridized carbons (Fsp3) is 0.750. The fourth-order valence-corrected chi connectivity index (χ4v) is 1.29. The van der Waals surface area contributed by atoms with Crippen molar-refractivity contribution < 1.29 is 14.1 Å². The van der Waals surface area contributed by atoms with Crippen molar-refractivity contribution in [3.63, 3.8) is 0 Å². The summed E-state index contributed by atoms with van der Waals surface area (Å²) in [6.45, 7) is 5.28. The molecule has 0 fully saturated rings. The van der Waals surface area contributed by atoms with E-state index in [1.165, 1.54) is 0 Å². The maximum absolute atomic E-state index is 11.1. The van der Waals surface area contributed by atoms with Crippen molar-refractivity contribution in [2.24, 2.45) is 0 Å². The zero-order chi connectivity index (χ0) is 8.27. The fourth-order valence-electron chi connectivity index (χ4n) is 1.29. The molecule has 0 saturated carbocycles. The lowest BCUT2D eigenvalue weighted by molar-refractivity contribution is -0.448. The molecule has 0 atom stereocenters. The lowest BCUT2D eigenvalue weighted by Crippen LogP contribution is -2.21. The first-order valence-corrected chi connectivity index (χ1v) is 4.08. The van der Waals surface area contributed by atoms with Gasteiger partial charge in [0.25, 0.3) is 0 Å². The molecule has 0 aliphatic carbocycles. The van der Waals surface area contributed by atoms with Crippen LogP contribution >= 0.6 is 0 Å². The van der Waals surface area contributed by atoms with Crippen molar-refractivity contribution in [1.82, 2.24) is 0 Å². The molecule has 1 rings (SSSR count). The van der Waals surface area contributed by atoms with Gasteiger partial charge in [0.2, 0.25) is 0 Å². The average Bonchev–Trinajstić information content (AvgIpc) is 2.33. The Morgan fingerprint density at radius 2 is 2.18 bits per heavy atom. The molecule has 0 bridgehead atoms. The molecule has 1 heterocycles. The molecular weight excluding hydrogens is 142 g/mol. The minimum Gasteiger partial charge on any atom is -0.448 e. The molecule has 1 aliphatic rings. The third-order valence-corrected chi connectivity index (χ3v) is 1.78. The maximum atomic E-state index is 11.1. The lowest BCUT2D eigenvalue weighted by Gasteiger charge is -1.97. The Kier molecular flexibility index (Phi) is 2.63. The van der Waals surface area contributed by atoms with Crippen LogP contribution < -0.4 is 0 Å². The number of carbonyl (C=O) groups excluding carboxylic acids is 1. The van der Waals surface area contributed by atoms with E-state index in [2.05, 4.69) is 0 Å². The van der Waals surface area contributed by atoms with Gasteiger partial charge in [-0.25, -0.2) is 4.79 Å². The van der Waals surface area contributed by atoms with E-state index in [0.717, 1.165) is 18.9 Å². The van der Waals surface area contributed by atoms with Gasteiger partial charge in [0.15, 0.2) is 6.54 Å². The first kappa shape index (κ1) is 8.24. The summed E-state index contributed by atoms with van der Waals surface area (Å²) in [6, 6.07) is 0. The van der Waals surface area contributed by atoms with E-state index in [1.807, 2.05) is 13.8 Å². The second-order valence-electron chi connectivity index (χ2n) is 2.46. The van der Waals surface area contributed by atoms with Crippen molar-refractivity contribution in [2.45, 2.75) is 26.7 Å². The van der Waals surface area contributed by atoms with E-state index in [0.29, 0.717) is 13.0 Å². The van der Waals surface area contributed by atoms with Crippen LogP contribution in [0.15, 0.2) is 0 Å². The van der Waals surface area contributed by atoms with Gasteiger partial charge in [-0.3, -0.25) is 0 Å². The van der Waals surface area contributed by atoms with Crippen LogP contribution in [-0.4, -0.2) is 29.5 Å². The largest absolute Gasteiger partial charge is 0.448 e. The summed E-state index contributed by atoms with van der Waals surface area (Å²) < 4.78 is 7.01. The highest BCUT2D eigenvalue weighted by Gasteiger charge is 2.31. The highest BCUT2D eigenvalue weighted by Crippen LogP contribution is 2.06. The van der Waals surface area contributed by atoms with Crippen molar-refractivity contribution in [3.05, 3.63) is 0 Å². The number of amides is 1. The molecule has 0 spiro atoms. The van der Waals surface area contributed by atoms with Gasteiger partial charge in [-0.1, -0.05) is 0 Å². The van der Waals surface area contributed by atoms with E-state index < -0.39 is 0 Å². The predicted molar refractivity (Wildman–Crippen MR) is 41.7 cm³/mol. The number of nitrogens with zero attached hydrogens (tertiary/aromatic N) is 1. The Labute approximate surface area is 66.7 Å². The van der Waals surface area contributed by atoms with Crippen molar-refractivity contribution in [3.8, 4) is 0 Å². The van der Waals surface area contributed by atoms with E-state index in [1.54, 1.807) is 4.58 Å². The highest BCUT2D eigenvalue weighted by molar-refractivity contribution is 5.87. The van der Waals surface area contributed by atoms with Gasteiger partial charge >= 0.3 is 11.8 Å². The molecule has 1 amide bonds. The molecule has 0 radical (unpaired) electrons. The van der Waals surface area contributed by atoms with E-state index in [9.17, 15) is 4.79 Å². The van der Waals surface area contributed by atoms with E-state index in [-0.39, 0.29) is 5.91 Å². The lowest BCUT2D eigenvalue weighted by atomic mass is 10.3. The summed E-state index contributed by atoms with van der Waals surface area (Å²) in [5.41, 5.74) is 0. The monoisotopic (exact) mass is 156 g/mol. The normalized spacial score (nSPS) is 17.8. The van der Waals surface area contributed by atoms with Gasteiger partial charge in [0.1, 0.15) is 0 Å². The summed E-state index contributed by atoms with van der Waals surface area (Å²) >= 11 is 0. The van der Waals surface area contributed by atoms with Gasteiger partial charge in [-0.15, -0.1) is 4.58 Å². The molecule has 0 aromatic heterocycles. The van der Waals surface area contributed by atoms with Crippen LogP contribution in [0.3, 0.4) is 0 Å². The second kappa shape index (κ2) is 3.51. The first-order valence-electron chi connectivity index (χ1n) is 4.08. The molecule has 1 aliphatic heterocycles. The quantitative estimate of drug-likeness (QED) is 0.553. The van der Waals surface area contributed by atoms with E-state index >= 15 is 0 Å². The Hall–Kier alpha value is -0.860. The van der Waals surface area contributed by atoms with Gasteiger partial charge in [-0.2, -0.15) is 0 Å². The molecule has 0 aromatic rings. The third kappa shape index (κ3) is 1.59. The molecule has 0 aromatic carbocycles. The van der Waals surface area contributed by atoms with Crippen molar-refractivity contribution >= 4 is 11.8 Å². The van der Waals surface area contributed by atoms with Crippen LogP contribution in [0.4, 0.5) is 0 Å². The van der Waals surface area contributed by atoms with Crippen LogP contribution in [0.1, 0.15) is 26.7 Å². The number of carbonyl (C=O) groups is 1. The van der Waals surface area contributed by atoms with Crippen LogP contribution in [0.25, 0.3) is 0 Å². The van der Waals surface area contributed by atoms with Crippen LogP contribution in [-0.2, 0) is 9.53 Å². The zero-order valence-corrected chi connectivity index (χ0v) is 7.09. The smallest absolute Gasteiger partial charge is 0.390 e. The molecule has 0 unspecified atom stereocenters. The van der Waals surface area contributed by atoms with Crippen molar-refractivity contribution in [1.29, 1.82) is 0 Å². The zero-order valence-electron chi connectivity index (χ0n) is 7.09. The molecule has 3 nitrogen and oxygen atoms in total. The van der Waals surface area contributed by atoms with Gasteiger partial charge < -0.3 is 4.74 Å². The van der Waals surface area contributed by atoms with Gasteiger partial charge in [0.05, 0.1) is 19.4 Å². The predicted octanol–water partition coefficient (Wildman–Crippen LogP) is 0.774. The SMILES string of the molecule is CCOC1=[N+](CC)C(=O)CC1. The molecule has 11 heavy (non-hydrogen) atoms. The van der Waals surface area contributed by atoms with Crippen LogP contribution in [0.5, 0.6) is 0 Å². The highest BCUT2D eigenvalue weighted by atomic mass is 16.5. The van der Waals surface area contributed by atoms with Crippen LogP contribution in [0, 0.1) is 0 Å². The Balaban J connectivity index is 2.71. The molecule has 3 heteroatoms.